The van der Waals surface area contributed by atoms with E-state index in [0.29, 0.717) is 6.42 Å². The molecular formula is C14H14F3NOS. The molecule has 1 aromatic carbocycles. The SMILES string of the molecule is COc1csc(C(N)Cc2ccc(C(F)(F)F)cc2)c1. The number of benzene rings is 1. The van der Waals surface area contributed by atoms with Gasteiger partial charge in [0.05, 0.1) is 12.7 Å². The van der Waals surface area contributed by atoms with Crippen molar-refractivity contribution < 1.29 is 17.9 Å². The molecule has 0 bridgehead atoms. The van der Waals surface area contributed by atoms with Gasteiger partial charge in [0.15, 0.2) is 0 Å². The van der Waals surface area contributed by atoms with Crippen LogP contribution < -0.4 is 10.5 Å². The topological polar surface area (TPSA) is 35.2 Å². The summed E-state index contributed by atoms with van der Waals surface area (Å²) in [5, 5.41) is 1.85. The van der Waals surface area contributed by atoms with Gasteiger partial charge in [0.2, 0.25) is 0 Å². The van der Waals surface area contributed by atoms with Crippen LogP contribution in [0, 0.1) is 0 Å². The number of rotatable bonds is 4. The molecule has 0 fully saturated rings. The minimum absolute atomic E-state index is 0.249. The zero-order valence-corrected chi connectivity index (χ0v) is 11.6. The molecule has 0 aliphatic rings. The van der Waals surface area contributed by atoms with Gasteiger partial charge in [0, 0.05) is 16.3 Å². The Hall–Kier alpha value is -1.53. The fourth-order valence-electron chi connectivity index (χ4n) is 1.82. The molecule has 1 aromatic heterocycles. The quantitative estimate of drug-likeness (QED) is 0.925. The lowest BCUT2D eigenvalue weighted by Gasteiger charge is -2.11. The first kappa shape index (κ1) is 14.9. The van der Waals surface area contributed by atoms with Crippen molar-refractivity contribution in [1.82, 2.24) is 0 Å². The molecule has 1 heterocycles. The summed E-state index contributed by atoms with van der Waals surface area (Å²) in [4.78, 5) is 0.946. The lowest BCUT2D eigenvalue weighted by molar-refractivity contribution is -0.137. The molecule has 20 heavy (non-hydrogen) atoms. The average Bonchev–Trinajstić information content (AvgIpc) is 2.87. The third kappa shape index (κ3) is 3.52. The molecule has 1 atom stereocenters. The van der Waals surface area contributed by atoms with E-state index in [-0.39, 0.29) is 6.04 Å². The number of alkyl halides is 3. The van der Waals surface area contributed by atoms with Gasteiger partial charge >= 0.3 is 6.18 Å². The van der Waals surface area contributed by atoms with Crippen molar-refractivity contribution in [2.75, 3.05) is 7.11 Å². The Labute approximate surface area is 119 Å². The molecular weight excluding hydrogens is 287 g/mol. The highest BCUT2D eigenvalue weighted by Gasteiger charge is 2.29. The third-order valence-corrected chi connectivity index (χ3v) is 3.98. The van der Waals surface area contributed by atoms with Gasteiger partial charge in [-0.05, 0) is 30.2 Å². The smallest absolute Gasteiger partial charge is 0.416 e. The van der Waals surface area contributed by atoms with Crippen LogP contribution in [0.1, 0.15) is 22.0 Å². The van der Waals surface area contributed by atoms with Crippen molar-refractivity contribution in [2.45, 2.75) is 18.6 Å². The number of halogens is 3. The third-order valence-electron chi connectivity index (χ3n) is 2.93. The summed E-state index contributed by atoms with van der Waals surface area (Å²) < 4.78 is 42.4. The van der Waals surface area contributed by atoms with Crippen LogP contribution in [0.15, 0.2) is 35.7 Å². The zero-order chi connectivity index (χ0) is 14.8. The minimum atomic E-state index is -4.30. The summed E-state index contributed by atoms with van der Waals surface area (Å²) in [5.74, 6) is 0.743. The number of nitrogens with two attached hydrogens (primary N) is 1. The van der Waals surface area contributed by atoms with Crippen LogP contribution in [0.4, 0.5) is 13.2 Å². The fraction of sp³-hybridized carbons (Fsp3) is 0.286. The van der Waals surface area contributed by atoms with Gasteiger partial charge in [-0.1, -0.05) is 12.1 Å². The van der Waals surface area contributed by atoms with E-state index < -0.39 is 11.7 Å². The lowest BCUT2D eigenvalue weighted by atomic mass is 10.0. The Bertz CT molecular complexity index is 563. The Morgan fingerprint density at radius 2 is 1.90 bits per heavy atom. The predicted octanol–water partition coefficient (Wildman–Crippen LogP) is 4.02. The van der Waals surface area contributed by atoms with Gasteiger partial charge in [-0.15, -0.1) is 11.3 Å². The first-order valence-electron chi connectivity index (χ1n) is 5.94. The Kier molecular flexibility index (Phi) is 4.35. The number of methoxy groups -OCH3 is 1. The van der Waals surface area contributed by atoms with Gasteiger partial charge in [0.25, 0.3) is 0 Å². The first-order chi connectivity index (χ1) is 9.40. The van der Waals surface area contributed by atoms with Crippen LogP contribution in [0.25, 0.3) is 0 Å². The zero-order valence-electron chi connectivity index (χ0n) is 10.8. The largest absolute Gasteiger partial charge is 0.496 e. The molecule has 2 aromatic rings. The highest BCUT2D eigenvalue weighted by atomic mass is 32.1. The molecule has 0 radical (unpaired) electrons. The molecule has 0 saturated carbocycles. The molecule has 2 nitrogen and oxygen atoms in total. The summed E-state index contributed by atoms with van der Waals surface area (Å²) in [5.41, 5.74) is 6.18. The maximum atomic E-state index is 12.5. The van der Waals surface area contributed by atoms with E-state index in [1.807, 2.05) is 11.4 Å². The number of thiophene rings is 1. The fourth-order valence-corrected chi connectivity index (χ4v) is 2.68. The highest BCUT2D eigenvalue weighted by molar-refractivity contribution is 7.10. The van der Waals surface area contributed by atoms with Crippen LogP contribution in [0.3, 0.4) is 0 Å². The maximum absolute atomic E-state index is 12.5. The van der Waals surface area contributed by atoms with Crippen LogP contribution >= 0.6 is 11.3 Å². The molecule has 0 amide bonds. The molecule has 0 aliphatic carbocycles. The lowest BCUT2D eigenvalue weighted by Crippen LogP contribution is -2.12. The minimum Gasteiger partial charge on any atom is -0.496 e. The second kappa shape index (κ2) is 5.85. The molecule has 2 N–H and O–H groups in total. The van der Waals surface area contributed by atoms with E-state index in [9.17, 15) is 13.2 Å². The molecule has 0 spiro atoms. The average molecular weight is 301 g/mol. The Morgan fingerprint density at radius 3 is 2.40 bits per heavy atom. The maximum Gasteiger partial charge on any atom is 0.416 e. The van der Waals surface area contributed by atoms with Gasteiger partial charge in [-0.2, -0.15) is 13.2 Å². The van der Waals surface area contributed by atoms with Crippen molar-refractivity contribution in [1.29, 1.82) is 0 Å². The van der Waals surface area contributed by atoms with Crippen molar-refractivity contribution >= 4 is 11.3 Å². The van der Waals surface area contributed by atoms with E-state index in [1.54, 1.807) is 7.11 Å². The standard InChI is InChI=1S/C14H14F3NOS/c1-19-11-7-13(20-8-11)12(18)6-9-2-4-10(5-3-9)14(15,16)17/h2-5,7-8,12H,6,18H2,1H3. The first-order valence-corrected chi connectivity index (χ1v) is 6.82. The predicted molar refractivity (Wildman–Crippen MR) is 72.9 cm³/mol. The van der Waals surface area contributed by atoms with Crippen molar-refractivity contribution in [3.63, 3.8) is 0 Å². The van der Waals surface area contributed by atoms with Gasteiger partial charge in [-0.25, -0.2) is 0 Å². The summed E-state index contributed by atoms with van der Waals surface area (Å²) in [6.45, 7) is 0. The normalized spacial score (nSPS) is 13.2. The van der Waals surface area contributed by atoms with Crippen molar-refractivity contribution in [3.05, 3.63) is 51.7 Å². The monoisotopic (exact) mass is 301 g/mol. The second-order valence-electron chi connectivity index (χ2n) is 4.39. The Balaban J connectivity index is 2.06. The second-order valence-corrected chi connectivity index (χ2v) is 5.34. The molecule has 108 valence electrons. The Morgan fingerprint density at radius 1 is 1.25 bits per heavy atom. The molecule has 1 unspecified atom stereocenters. The molecule has 2 rings (SSSR count). The van der Waals surface area contributed by atoms with E-state index in [0.717, 1.165) is 28.3 Å². The van der Waals surface area contributed by atoms with Gasteiger partial charge in [0.1, 0.15) is 5.75 Å². The summed E-state index contributed by atoms with van der Waals surface area (Å²) >= 11 is 1.48. The van der Waals surface area contributed by atoms with Gasteiger partial charge in [-0.3, -0.25) is 0 Å². The number of ether oxygens (including phenoxy) is 1. The van der Waals surface area contributed by atoms with E-state index in [4.69, 9.17) is 10.5 Å². The van der Waals surface area contributed by atoms with Crippen molar-refractivity contribution in [2.24, 2.45) is 5.73 Å². The van der Waals surface area contributed by atoms with Crippen LogP contribution in [0.2, 0.25) is 0 Å². The van der Waals surface area contributed by atoms with E-state index >= 15 is 0 Å². The molecule has 0 aliphatic heterocycles. The summed E-state index contributed by atoms with van der Waals surface area (Å²) in [6.07, 6.45) is -3.82. The molecule has 6 heteroatoms. The molecule has 0 saturated heterocycles. The number of hydrogen-bond donors (Lipinski definition) is 1. The van der Waals surface area contributed by atoms with Crippen LogP contribution in [0.5, 0.6) is 5.75 Å². The van der Waals surface area contributed by atoms with Gasteiger partial charge < -0.3 is 10.5 Å². The van der Waals surface area contributed by atoms with Crippen LogP contribution in [-0.2, 0) is 12.6 Å². The number of hydrogen-bond acceptors (Lipinski definition) is 3. The highest BCUT2D eigenvalue weighted by Crippen LogP contribution is 2.30. The summed E-state index contributed by atoms with van der Waals surface area (Å²) in [7, 11) is 1.58. The van der Waals surface area contributed by atoms with E-state index in [1.165, 1.54) is 23.5 Å². The van der Waals surface area contributed by atoms with Crippen molar-refractivity contribution in [3.8, 4) is 5.75 Å². The van der Waals surface area contributed by atoms with E-state index in [2.05, 4.69) is 0 Å². The summed E-state index contributed by atoms with van der Waals surface area (Å²) in [6, 6.07) is 6.69. The van der Waals surface area contributed by atoms with Crippen LogP contribution in [-0.4, -0.2) is 7.11 Å².